The van der Waals surface area contributed by atoms with Gasteiger partial charge >= 0.3 is 0 Å². The molecule has 0 amide bonds. The van der Waals surface area contributed by atoms with E-state index in [2.05, 4.69) is 36.1 Å². The number of rotatable bonds is 4. The minimum Gasteiger partial charge on any atom is -0.497 e. The summed E-state index contributed by atoms with van der Waals surface area (Å²) >= 11 is 0. The van der Waals surface area contributed by atoms with E-state index in [1.165, 1.54) is 18.4 Å². The van der Waals surface area contributed by atoms with E-state index in [0.717, 1.165) is 38.0 Å². The predicted molar refractivity (Wildman–Crippen MR) is 75.6 cm³/mol. The molecule has 3 rings (SSSR count). The molecule has 0 unspecified atom stereocenters. The van der Waals surface area contributed by atoms with Crippen LogP contribution in [-0.2, 0) is 11.2 Å². The molecule has 1 aliphatic carbocycles. The molecule has 2 fully saturated rings. The van der Waals surface area contributed by atoms with Gasteiger partial charge in [0.15, 0.2) is 0 Å². The van der Waals surface area contributed by atoms with Crippen LogP contribution in [0.25, 0.3) is 0 Å². The number of ether oxygens (including phenoxy) is 2. The monoisotopic (exact) mass is 261 g/mol. The summed E-state index contributed by atoms with van der Waals surface area (Å²) in [6.45, 7) is 6.38. The lowest BCUT2D eigenvalue weighted by Gasteiger charge is -2.33. The van der Waals surface area contributed by atoms with Gasteiger partial charge in [-0.25, -0.2) is 0 Å². The van der Waals surface area contributed by atoms with Crippen molar-refractivity contribution in [3.05, 3.63) is 29.8 Å². The molecule has 0 aromatic heterocycles. The molecule has 1 heterocycles. The Kier molecular flexibility index (Phi) is 3.50. The summed E-state index contributed by atoms with van der Waals surface area (Å²) in [6, 6.07) is 8.50. The highest BCUT2D eigenvalue weighted by Gasteiger charge is 2.53. The van der Waals surface area contributed by atoms with Crippen molar-refractivity contribution in [1.82, 2.24) is 4.90 Å². The fourth-order valence-corrected chi connectivity index (χ4v) is 3.24. The smallest absolute Gasteiger partial charge is 0.118 e. The molecular formula is C16H23NO2. The van der Waals surface area contributed by atoms with Crippen molar-refractivity contribution in [3.8, 4) is 5.75 Å². The van der Waals surface area contributed by atoms with E-state index in [1.807, 2.05) is 0 Å². The summed E-state index contributed by atoms with van der Waals surface area (Å²) in [5.41, 5.74) is 1.83. The van der Waals surface area contributed by atoms with Gasteiger partial charge in [0.2, 0.25) is 0 Å². The van der Waals surface area contributed by atoms with Crippen molar-refractivity contribution in [2.75, 3.05) is 33.4 Å². The number of methoxy groups -OCH3 is 1. The van der Waals surface area contributed by atoms with Gasteiger partial charge in [-0.3, -0.25) is 4.90 Å². The Morgan fingerprint density at radius 2 is 1.95 bits per heavy atom. The first-order valence-electron chi connectivity index (χ1n) is 7.18. The summed E-state index contributed by atoms with van der Waals surface area (Å²) in [6.07, 6.45) is 2.50. The van der Waals surface area contributed by atoms with Gasteiger partial charge in [0.1, 0.15) is 5.75 Å². The average Bonchev–Trinajstić information content (AvgIpc) is 3.12. The number of benzene rings is 1. The Bertz CT molecular complexity index is 425. The molecule has 1 aromatic carbocycles. The van der Waals surface area contributed by atoms with Crippen LogP contribution in [0.3, 0.4) is 0 Å². The third kappa shape index (κ3) is 2.63. The van der Waals surface area contributed by atoms with Crippen LogP contribution in [-0.4, -0.2) is 43.9 Å². The van der Waals surface area contributed by atoms with Crippen molar-refractivity contribution >= 4 is 0 Å². The van der Waals surface area contributed by atoms with E-state index in [4.69, 9.17) is 9.47 Å². The lowest BCUT2D eigenvalue weighted by atomic mass is 10.0. The van der Waals surface area contributed by atoms with Gasteiger partial charge in [-0.2, -0.15) is 0 Å². The van der Waals surface area contributed by atoms with Gasteiger partial charge in [-0.15, -0.1) is 0 Å². The Morgan fingerprint density at radius 3 is 2.58 bits per heavy atom. The van der Waals surface area contributed by atoms with Gasteiger partial charge in [0.05, 0.1) is 20.3 Å². The Morgan fingerprint density at radius 1 is 1.26 bits per heavy atom. The fraction of sp³-hybridized carbons (Fsp3) is 0.625. The van der Waals surface area contributed by atoms with Crippen LogP contribution >= 0.6 is 0 Å². The van der Waals surface area contributed by atoms with Gasteiger partial charge in [0, 0.05) is 18.6 Å². The van der Waals surface area contributed by atoms with Gasteiger partial charge < -0.3 is 9.47 Å². The largest absolute Gasteiger partial charge is 0.497 e. The molecule has 0 N–H and O–H groups in total. The quantitative estimate of drug-likeness (QED) is 0.830. The van der Waals surface area contributed by atoms with E-state index in [9.17, 15) is 0 Å². The predicted octanol–water partition coefficient (Wildman–Crippen LogP) is 2.35. The fourth-order valence-electron chi connectivity index (χ4n) is 3.24. The standard InChI is InChI=1S/C16H23NO2/c1-16(17-7-9-19-10-8-17)12-14(16)11-13-3-5-15(18-2)6-4-13/h3-6,14H,7-12H2,1-2H3/t14-,16-/m0/s1. The second-order valence-corrected chi connectivity index (χ2v) is 5.91. The van der Waals surface area contributed by atoms with Crippen LogP contribution in [0.15, 0.2) is 24.3 Å². The summed E-state index contributed by atoms with van der Waals surface area (Å²) in [7, 11) is 1.71. The summed E-state index contributed by atoms with van der Waals surface area (Å²) in [4.78, 5) is 2.62. The molecule has 0 radical (unpaired) electrons. The molecule has 2 atom stereocenters. The second kappa shape index (κ2) is 5.14. The Balaban J connectivity index is 1.59. The van der Waals surface area contributed by atoms with E-state index < -0.39 is 0 Å². The normalized spacial score (nSPS) is 31.2. The van der Waals surface area contributed by atoms with E-state index in [1.54, 1.807) is 7.11 Å². The van der Waals surface area contributed by atoms with Crippen molar-refractivity contribution in [1.29, 1.82) is 0 Å². The number of morpholine rings is 1. The maximum absolute atomic E-state index is 5.45. The molecule has 2 aliphatic rings. The molecule has 1 saturated carbocycles. The molecule has 1 aromatic rings. The van der Waals surface area contributed by atoms with Crippen LogP contribution in [0.4, 0.5) is 0 Å². The third-order valence-corrected chi connectivity index (χ3v) is 4.75. The maximum atomic E-state index is 5.45. The minimum absolute atomic E-state index is 0.406. The maximum Gasteiger partial charge on any atom is 0.118 e. The van der Waals surface area contributed by atoms with Crippen molar-refractivity contribution < 1.29 is 9.47 Å². The van der Waals surface area contributed by atoms with E-state index in [-0.39, 0.29) is 0 Å². The third-order valence-electron chi connectivity index (χ3n) is 4.75. The number of hydrogen-bond acceptors (Lipinski definition) is 3. The highest BCUT2D eigenvalue weighted by atomic mass is 16.5. The highest BCUT2D eigenvalue weighted by molar-refractivity contribution is 5.29. The minimum atomic E-state index is 0.406. The first kappa shape index (κ1) is 12.9. The van der Waals surface area contributed by atoms with Crippen LogP contribution in [0.2, 0.25) is 0 Å². The molecule has 3 heteroatoms. The van der Waals surface area contributed by atoms with Crippen molar-refractivity contribution in [3.63, 3.8) is 0 Å². The zero-order valence-corrected chi connectivity index (χ0v) is 11.9. The molecule has 1 aliphatic heterocycles. The highest BCUT2D eigenvalue weighted by Crippen LogP contribution is 2.50. The Hall–Kier alpha value is -1.06. The van der Waals surface area contributed by atoms with E-state index >= 15 is 0 Å². The first-order valence-corrected chi connectivity index (χ1v) is 7.18. The van der Waals surface area contributed by atoms with Gasteiger partial charge in [0.25, 0.3) is 0 Å². The molecule has 19 heavy (non-hydrogen) atoms. The first-order chi connectivity index (χ1) is 9.22. The summed E-state index contributed by atoms with van der Waals surface area (Å²) in [5, 5.41) is 0. The van der Waals surface area contributed by atoms with E-state index in [0.29, 0.717) is 5.54 Å². The van der Waals surface area contributed by atoms with Gasteiger partial charge in [-0.1, -0.05) is 12.1 Å². The van der Waals surface area contributed by atoms with Crippen LogP contribution < -0.4 is 4.74 Å². The number of nitrogens with zero attached hydrogens (tertiary/aromatic N) is 1. The molecule has 0 bridgehead atoms. The average molecular weight is 261 g/mol. The van der Waals surface area contributed by atoms with Gasteiger partial charge in [-0.05, 0) is 43.4 Å². The molecule has 1 saturated heterocycles. The molecule has 0 spiro atoms. The summed E-state index contributed by atoms with van der Waals surface area (Å²) in [5.74, 6) is 1.73. The van der Waals surface area contributed by atoms with Crippen LogP contribution in [0.5, 0.6) is 5.75 Å². The number of hydrogen-bond donors (Lipinski definition) is 0. The zero-order valence-electron chi connectivity index (χ0n) is 11.9. The summed E-state index contributed by atoms with van der Waals surface area (Å²) < 4.78 is 10.6. The zero-order chi connectivity index (χ0) is 13.3. The molecule has 3 nitrogen and oxygen atoms in total. The van der Waals surface area contributed by atoms with Crippen molar-refractivity contribution in [2.24, 2.45) is 5.92 Å². The van der Waals surface area contributed by atoms with Crippen molar-refractivity contribution in [2.45, 2.75) is 25.3 Å². The topological polar surface area (TPSA) is 21.7 Å². The molecular weight excluding hydrogens is 238 g/mol. The molecule has 104 valence electrons. The second-order valence-electron chi connectivity index (χ2n) is 5.91. The lowest BCUT2D eigenvalue weighted by Crippen LogP contribution is -2.44. The lowest BCUT2D eigenvalue weighted by molar-refractivity contribution is 0.00986. The SMILES string of the molecule is COc1ccc(C[C@H]2C[C@]2(C)N2CCOCC2)cc1. The Labute approximate surface area is 115 Å². The van der Waals surface area contributed by atoms with Crippen LogP contribution in [0, 0.1) is 5.92 Å². The van der Waals surface area contributed by atoms with Crippen LogP contribution in [0.1, 0.15) is 18.9 Å².